The number of rotatable bonds is 5. The highest BCUT2D eigenvalue weighted by Crippen LogP contribution is 2.22. The maximum absolute atomic E-state index is 11.9. The normalized spacial score (nSPS) is 10.4. The van der Waals surface area contributed by atoms with Crippen molar-refractivity contribution in [3.05, 3.63) is 39.3 Å². The molecule has 0 atom stereocenters. The van der Waals surface area contributed by atoms with Gasteiger partial charge in [0.25, 0.3) is 0 Å². The van der Waals surface area contributed by atoms with Crippen molar-refractivity contribution in [2.75, 3.05) is 12.3 Å². The first-order valence-corrected chi connectivity index (χ1v) is 7.19. The Morgan fingerprint density at radius 1 is 1.45 bits per heavy atom. The lowest BCUT2D eigenvalue weighted by molar-refractivity contribution is -0.143. The first kappa shape index (κ1) is 14.3. The molecule has 5 nitrogen and oxygen atoms in total. The third-order valence-electron chi connectivity index (χ3n) is 2.81. The van der Waals surface area contributed by atoms with Gasteiger partial charge >= 0.3 is 10.8 Å². The number of aromatic nitrogens is 1. The molecule has 0 unspecified atom stereocenters. The van der Waals surface area contributed by atoms with Crippen LogP contribution in [0.4, 0.5) is 5.69 Å². The molecular weight excluding hydrogens is 276 g/mol. The van der Waals surface area contributed by atoms with Crippen molar-refractivity contribution in [1.82, 2.24) is 4.57 Å². The minimum atomic E-state index is -0.302. The minimum Gasteiger partial charge on any atom is -0.466 e. The van der Waals surface area contributed by atoms with Crippen LogP contribution in [0, 0.1) is 0 Å². The molecule has 1 aromatic carbocycles. The van der Waals surface area contributed by atoms with E-state index in [0.717, 1.165) is 22.6 Å². The first-order valence-electron chi connectivity index (χ1n) is 6.31. The number of nitrogens with two attached hydrogens (primary N) is 1. The van der Waals surface area contributed by atoms with Crippen molar-refractivity contribution in [2.24, 2.45) is 0 Å². The van der Waals surface area contributed by atoms with E-state index < -0.39 is 0 Å². The lowest BCUT2D eigenvalue weighted by Crippen LogP contribution is -2.17. The molecular formula is C14H16N2O3S. The molecule has 2 N–H and O–H groups in total. The lowest BCUT2D eigenvalue weighted by Gasteiger charge is -2.08. The van der Waals surface area contributed by atoms with Crippen molar-refractivity contribution in [1.29, 1.82) is 0 Å². The van der Waals surface area contributed by atoms with Crippen molar-refractivity contribution < 1.29 is 9.53 Å². The fourth-order valence-corrected chi connectivity index (χ4v) is 2.69. The van der Waals surface area contributed by atoms with Crippen LogP contribution in [0.15, 0.2) is 34.4 Å². The van der Waals surface area contributed by atoms with E-state index in [1.807, 2.05) is 18.2 Å². The first-order chi connectivity index (χ1) is 9.61. The highest BCUT2D eigenvalue weighted by molar-refractivity contribution is 7.07. The number of ether oxygens (including phenoxy) is 1. The van der Waals surface area contributed by atoms with E-state index in [2.05, 4.69) is 0 Å². The topological polar surface area (TPSA) is 74.3 Å². The van der Waals surface area contributed by atoms with Crippen LogP contribution in [0.25, 0.3) is 11.3 Å². The summed E-state index contributed by atoms with van der Waals surface area (Å²) in [4.78, 5) is 23.2. The van der Waals surface area contributed by atoms with E-state index in [1.165, 1.54) is 0 Å². The second kappa shape index (κ2) is 6.38. The summed E-state index contributed by atoms with van der Waals surface area (Å²) < 4.78 is 6.45. The Bertz CT molecular complexity index is 660. The second-order valence-electron chi connectivity index (χ2n) is 4.22. The van der Waals surface area contributed by atoms with Gasteiger partial charge in [-0.25, -0.2) is 0 Å². The van der Waals surface area contributed by atoms with E-state index in [0.29, 0.717) is 18.8 Å². The van der Waals surface area contributed by atoms with Crippen molar-refractivity contribution in [3.8, 4) is 11.3 Å². The third kappa shape index (κ3) is 3.27. The van der Waals surface area contributed by atoms with Crippen molar-refractivity contribution in [2.45, 2.75) is 19.9 Å². The van der Waals surface area contributed by atoms with Crippen LogP contribution in [-0.4, -0.2) is 17.1 Å². The fraction of sp³-hybridized carbons (Fsp3) is 0.286. The van der Waals surface area contributed by atoms with Crippen molar-refractivity contribution >= 4 is 23.0 Å². The number of hydrogen-bond donors (Lipinski definition) is 1. The highest BCUT2D eigenvalue weighted by atomic mass is 32.1. The average Bonchev–Trinajstić information content (AvgIpc) is 2.78. The number of hydrogen-bond acceptors (Lipinski definition) is 5. The summed E-state index contributed by atoms with van der Waals surface area (Å²) in [5.41, 5.74) is 8.04. The van der Waals surface area contributed by atoms with Gasteiger partial charge in [-0.3, -0.25) is 14.2 Å². The van der Waals surface area contributed by atoms with E-state index in [-0.39, 0.29) is 17.3 Å². The maximum Gasteiger partial charge on any atom is 0.307 e. The molecule has 0 saturated carbocycles. The molecule has 6 heteroatoms. The van der Waals surface area contributed by atoms with Crippen LogP contribution in [0.1, 0.15) is 13.3 Å². The van der Waals surface area contributed by atoms with Crippen LogP contribution in [0.3, 0.4) is 0 Å². The van der Waals surface area contributed by atoms with Crippen LogP contribution in [-0.2, 0) is 16.1 Å². The standard InChI is InChI=1S/C14H16N2O3S/c1-2-19-13(17)6-7-16-12(9-20-14(16)18)10-4-3-5-11(15)8-10/h3-5,8-9H,2,6-7,15H2,1H3. The maximum atomic E-state index is 11.9. The van der Waals surface area contributed by atoms with Gasteiger partial charge in [0.1, 0.15) is 0 Å². The molecule has 106 valence electrons. The van der Waals surface area contributed by atoms with Gasteiger partial charge in [0, 0.05) is 23.2 Å². The predicted octanol–water partition coefficient (Wildman–Crippen LogP) is 2.11. The van der Waals surface area contributed by atoms with E-state index in [1.54, 1.807) is 22.9 Å². The molecule has 0 aliphatic rings. The quantitative estimate of drug-likeness (QED) is 0.676. The summed E-state index contributed by atoms with van der Waals surface area (Å²) in [7, 11) is 0. The summed E-state index contributed by atoms with van der Waals surface area (Å²) >= 11 is 1.11. The van der Waals surface area contributed by atoms with Gasteiger partial charge < -0.3 is 10.5 Å². The van der Waals surface area contributed by atoms with Gasteiger partial charge in [0.2, 0.25) is 0 Å². The molecule has 1 aromatic heterocycles. The van der Waals surface area contributed by atoms with Gasteiger partial charge in [-0.1, -0.05) is 23.5 Å². The average molecular weight is 292 g/mol. The molecule has 0 aliphatic heterocycles. The predicted molar refractivity (Wildman–Crippen MR) is 79.7 cm³/mol. The minimum absolute atomic E-state index is 0.0910. The number of anilines is 1. The van der Waals surface area contributed by atoms with Crippen LogP contribution in [0.2, 0.25) is 0 Å². The Hall–Kier alpha value is -2.08. The largest absolute Gasteiger partial charge is 0.466 e. The van der Waals surface area contributed by atoms with E-state index >= 15 is 0 Å². The summed E-state index contributed by atoms with van der Waals surface area (Å²) in [5.74, 6) is -0.302. The number of carbonyl (C=O) groups excluding carboxylic acids is 1. The summed E-state index contributed by atoms with van der Waals surface area (Å²) in [6.45, 7) is 2.41. The Morgan fingerprint density at radius 3 is 2.95 bits per heavy atom. The molecule has 0 aliphatic carbocycles. The number of nitrogen functional groups attached to an aromatic ring is 1. The van der Waals surface area contributed by atoms with E-state index in [4.69, 9.17) is 10.5 Å². The molecule has 0 radical (unpaired) electrons. The van der Waals surface area contributed by atoms with Crippen molar-refractivity contribution in [3.63, 3.8) is 0 Å². The number of esters is 1. The Kier molecular flexibility index (Phi) is 4.57. The zero-order valence-corrected chi connectivity index (χ0v) is 12.0. The molecule has 0 fully saturated rings. The summed E-state index contributed by atoms with van der Waals surface area (Å²) in [6, 6.07) is 7.32. The SMILES string of the molecule is CCOC(=O)CCn1c(-c2cccc(N)c2)csc1=O. The van der Waals surface area contributed by atoms with Crippen LogP contribution in [0.5, 0.6) is 0 Å². The monoisotopic (exact) mass is 292 g/mol. The molecule has 2 aromatic rings. The van der Waals surface area contributed by atoms with E-state index in [9.17, 15) is 9.59 Å². The summed E-state index contributed by atoms with van der Waals surface area (Å²) in [6.07, 6.45) is 0.180. The molecule has 20 heavy (non-hydrogen) atoms. The highest BCUT2D eigenvalue weighted by Gasteiger charge is 2.11. The molecule has 0 saturated heterocycles. The summed E-state index contributed by atoms with van der Waals surface area (Å²) in [5, 5.41) is 1.78. The smallest absolute Gasteiger partial charge is 0.307 e. The van der Waals surface area contributed by atoms with Gasteiger partial charge in [0.15, 0.2) is 0 Å². The van der Waals surface area contributed by atoms with Gasteiger partial charge in [-0.15, -0.1) is 0 Å². The Labute approximate surface area is 120 Å². The molecule has 0 amide bonds. The zero-order valence-electron chi connectivity index (χ0n) is 11.2. The van der Waals surface area contributed by atoms with Gasteiger partial charge in [0.05, 0.1) is 18.7 Å². The van der Waals surface area contributed by atoms with Crippen LogP contribution >= 0.6 is 11.3 Å². The number of carbonyl (C=O) groups is 1. The Morgan fingerprint density at radius 2 is 2.25 bits per heavy atom. The fourth-order valence-electron chi connectivity index (χ4n) is 1.90. The lowest BCUT2D eigenvalue weighted by atomic mass is 10.1. The molecule has 0 spiro atoms. The van der Waals surface area contributed by atoms with Crippen LogP contribution < -0.4 is 10.6 Å². The van der Waals surface area contributed by atoms with Gasteiger partial charge in [-0.2, -0.15) is 0 Å². The molecule has 0 bridgehead atoms. The third-order valence-corrected chi connectivity index (χ3v) is 3.57. The Balaban J connectivity index is 2.24. The number of benzene rings is 1. The number of thiazole rings is 1. The zero-order chi connectivity index (χ0) is 14.5. The number of nitrogens with zero attached hydrogens (tertiary/aromatic N) is 1. The van der Waals surface area contributed by atoms with Gasteiger partial charge in [-0.05, 0) is 19.1 Å². The molecule has 2 rings (SSSR count). The molecule has 1 heterocycles. The second-order valence-corrected chi connectivity index (χ2v) is 5.04.